The van der Waals surface area contributed by atoms with Gasteiger partial charge in [-0.3, -0.25) is 0 Å². The Balaban J connectivity index is 2.48. The summed E-state index contributed by atoms with van der Waals surface area (Å²) in [5, 5.41) is 0. The minimum absolute atomic E-state index is 0.296. The molecule has 1 aliphatic carbocycles. The number of terminal acetylenes is 2. The van der Waals surface area contributed by atoms with Gasteiger partial charge in [0.1, 0.15) is 0 Å². The highest BCUT2D eigenvalue weighted by Gasteiger charge is 2.37. The van der Waals surface area contributed by atoms with Crippen molar-refractivity contribution >= 4 is 0 Å². The first-order valence-corrected chi connectivity index (χ1v) is 9.02. The van der Waals surface area contributed by atoms with Gasteiger partial charge in [0.05, 0.1) is 5.41 Å². The maximum Gasteiger partial charge on any atom is 0.0643 e. The molecule has 0 saturated heterocycles. The maximum absolute atomic E-state index is 6.02. The van der Waals surface area contributed by atoms with Gasteiger partial charge in [-0.05, 0) is 67.0 Å². The van der Waals surface area contributed by atoms with E-state index in [-0.39, 0.29) is 5.41 Å². The molecule has 0 N–H and O–H groups in total. The topological polar surface area (TPSA) is 0 Å². The van der Waals surface area contributed by atoms with Crippen LogP contribution in [0, 0.1) is 30.1 Å². The molecule has 0 nitrogen and oxygen atoms in total. The summed E-state index contributed by atoms with van der Waals surface area (Å²) in [6, 6.07) is 8.51. The lowest BCUT2D eigenvalue weighted by Gasteiger charge is -2.24. The summed E-state index contributed by atoms with van der Waals surface area (Å²) in [5.41, 5.74) is 9.92. The van der Waals surface area contributed by atoms with Gasteiger partial charge in [0.25, 0.3) is 0 Å². The first kappa shape index (κ1) is 19.4. The van der Waals surface area contributed by atoms with Crippen molar-refractivity contribution in [2.45, 2.75) is 40.0 Å². The minimum atomic E-state index is -0.296. The predicted octanol–water partition coefficient (Wildman–Crippen LogP) is 5.98. The Labute approximate surface area is 158 Å². The van der Waals surface area contributed by atoms with Crippen LogP contribution in [0.3, 0.4) is 0 Å². The normalized spacial score (nSPS) is 15.7. The molecule has 0 heterocycles. The zero-order chi connectivity index (χ0) is 19.2. The van der Waals surface area contributed by atoms with Crippen molar-refractivity contribution in [3.63, 3.8) is 0 Å². The molecule has 0 amide bonds. The van der Waals surface area contributed by atoms with E-state index in [0.29, 0.717) is 0 Å². The molecule has 0 heteroatoms. The molecule has 1 aromatic rings. The number of allylic oxidation sites excluding steroid dienone is 6. The van der Waals surface area contributed by atoms with Crippen molar-refractivity contribution < 1.29 is 0 Å². The third-order valence-corrected chi connectivity index (χ3v) is 5.21. The summed E-state index contributed by atoms with van der Waals surface area (Å²) in [5.74, 6) is 5.78. The van der Waals surface area contributed by atoms with Crippen molar-refractivity contribution in [1.29, 1.82) is 0 Å². The molecular weight excluding hydrogens is 312 g/mol. The minimum Gasteiger partial charge on any atom is -0.119 e. The summed E-state index contributed by atoms with van der Waals surface area (Å²) in [6.45, 7) is 9.97. The second kappa shape index (κ2) is 8.45. The highest BCUT2D eigenvalue weighted by atomic mass is 14.4. The van der Waals surface area contributed by atoms with Gasteiger partial charge in [-0.2, -0.15) is 0 Å². The van der Waals surface area contributed by atoms with Gasteiger partial charge < -0.3 is 0 Å². The van der Waals surface area contributed by atoms with Crippen LogP contribution in [-0.4, -0.2) is 0 Å². The Morgan fingerprint density at radius 3 is 2.27 bits per heavy atom. The summed E-state index contributed by atoms with van der Waals surface area (Å²) in [6.07, 6.45) is 20.1. The van der Waals surface area contributed by atoms with Gasteiger partial charge in [-0.1, -0.05) is 61.8 Å². The molecule has 0 fully saturated rings. The van der Waals surface area contributed by atoms with E-state index >= 15 is 0 Å². The Morgan fingerprint density at radius 1 is 1.23 bits per heavy atom. The van der Waals surface area contributed by atoms with Crippen LogP contribution in [-0.2, 0) is 12.8 Å². The predicted molar refractivity (Wildman–Crippen MR) is 112 cm³/mol. The summed E-state index contributed by atoms with van der Waals surface area (Å²) in [4.78, 5) is 0. The molecule has 130 valence electrons. The van der Waals surface area contributed by atoms with E-state index in [4.69, 9.17) is 12.8 Å². The van der Waals surface area contributed by atoms with Crippen LogP contribution in [0.25, 0.3) is 0 Å². The molecule has 0 bridgehead atoms. The van der Waals surface area contributed by atoms with Crippen molar-refractivity contribution in [2.24, 2.45) is 5.41 Å². The highest BCUT2D eigenvalue weighted by Crippen LogP contribution is 2.42. The molecule has 0 spiro atoms. The van der Waals surface area contributed by atoms with Crippen molar-refractivity contribution in [1.82, 2.24) is 0 Å². The average molecular weight is 338 g/mol. The third-order valence-electron chi connectivity index (χ3n) is 5.21. The molecule has 0 atom stereocenters. The van der Waals surface area contributed by atoms with Gasteiger partial charge in [0.2, 0.25) is 0 Å². The summed E-state index contributed by atoms with van der Waals surface area (Å²) < 4.78 is 0. The lowest BCUT2D eigenvalue weighted by Crippen LogP contribution is -2.21. The van der Waals surface area contributed by atoms with Crippen LogP contribution in [0.15, 0.2) is 77.1 Å². The van der Waals surface area contributed by atoms with E-state index in [1.807, 2.05) is 19.9 Å². The molecule has 0 unspecified atom stereocenters. The average Bonchev–Trinajstić information content (AvgIpc) is 3.06. The Hall–Kier alpha value is -2.92. The zero-order valence-electron chi connectivity index (χ0n) is 16.0. The van der Waals surface area contributed by atoms with E-state index in [2.05, 4.69) is 61.4 Å². The number of fused-ring (bicyclic) bond motifs is 1. The second-order valence-electron chi connectivity index (χ2n) is 6.60. The maximum atomic E-state index is 6.02. The van der Waals surface area contributed by atoms with Crippen molar-refractivity contribution in [2.75, 3.05) is 0 Å². The third kappa shape index (κ3) is 3.68. The number of hydrogen-bond acceptors (Lipinski definition) is 0. The molecule has 26 heavy (non-hydrogen) atoms. The molecule has 1 aromatic carbocycles. The van der Waals surface area contributed by atoms with Crippen LogP contribution >= 0.6 is 0 Å². The van der Waals surface area contributed by atoms with Gasteiger partial charge in [-0.15, -0.1) is 18.6 Å². The molecule has 1 aliphatic rings. The van der Waals surface area contributed by atoms with Crippen LogP contribution in [0.2, 0.25) is 0 Å². The Kier molecular flexibility index (Phi) is 6.31. The number of hydrogen-bond donors (Lipinski definition) is 0. The van der Waals surface area contributed by atoms with Gasteiger partial charge in [-0.25, -0.2) is 0 Å². The first-order valence-electron chi connectivity index (χ1n) is 9.02. The molecular formula is C26H26. The number of benzene rings is 1. The Morgan fingerprint density at radius 2 is 1.85 bits per heavy atom. The van der Waals surface area contributed by atoms with Crippen LogP contribution < -0.4 is 0 Å². The van der Waals surface area contributed by atoms with Gasteiger partial charge in [0, 0.05) is 5.57 Å². The SMILES string of the molecule is C#C/C(C=C)=C(\C)C(=C=C/C(=C\C)C1(C#C)Cc2ccccc2C1)CC. The molecule has 0 aliphatic heterocycles. The van der Waals surface area contributed by atoms with Crippen LogP contribution in [0.5, 0.6) is 0 Å². The quantitative estimate of drug-likeness (QED) is 0.352. The van der Waals surface area contributed by atoms with Crippen LogP contribution in [0.4, 0.5) is 0 Å². The van der Waals surface area contributed by atoms with Gasteiger partial charge in [0.15, 0.2) is 0 Å². The fourth-order valence-electron chi connectivity index (χ4n) is 3.63. The number of rotatable bonds is 5. The fraction of sp³-hybridized carbons (Fsp3) is 0.269. The fourth-order valence-corrected chi connectivity index (χ4v) is 3.63. The molecule has 2 rings (SSSR count). The lowest BCUT2D eigenvalue weighted by atomic mass is 9.77. The molecule has 0 radical (unpaired) electrons. The summed E-state index contributed by atoms with van der Waals surface area (Å²) in [7, 11) is 0. The monoisotopic (exact) mass is 338 g/mol. The van der Waals surface area contributed by atoms with E-state index in [0.717, 1.165) is 41.6 Å². The lowest BCUT2D eigenvalue weighted by molar-refractivity contribution is 0.526. The largest absolute Gasteiger partial charge is 0.119 e. The second-order valence-corrected chi connectivity index (χ2v) is 6.60. The first-order chi connectivity index (χ1) is 12.5. The zero-order valence-corrected chi connectivity index (χ0v) is 16.0. The van der Waals surface area contributed by atoms with E-state index in [9.17, 15) is 0 Å². The summed E-state index contributed by atoms with van der Waals surface area (Å²) >= 11 is 0. The van der Waals surface area contributed by atoms with Crippen molar-refractivity contribution in [3.8, 4) is 24.7 Å². The Bertz CT molecular complexity index is 885. The van der Waals surface area contributed by atoms with E-state index < -0.39 is 0 Å². The van der Waals surface area contributed by atoms with E-state index in [1.54, 1.807) is 6.08 Å². The van der Waals surface area contributed by atoms with Crippen molar-refractivity contribution in [3.05, 3.63) is 88.2 Å². The standard InChI is InChI=1S/C26H26/c1-7-21(8-2)20(6)22(9-3)16-17-25(10-4)26(11-5)18-23-14-12-13-15-24(23)19-26/h1,5,8,10,12-15,17H,2,9,18-19H2,3-4,6H3/b21-20-,25-10+. The van der Waals surface area contributed by atoms with Crippen LogP contribution in [0.1, 0.15) is 38.3 Å². The van der Waals surface area contributed by atoms with E-state index in [1.165, 1.54) is 11.1 Å². The molecule has 0 aromatic heterocycles. The van der Waals surface area contributed by atoms with Gasteiger partial charge >= 0.3 is 0 Å². The molecule has 0 saturated carbocycles. The smallest absolute Gasteiger partial charge is 0.0643 e. The highest BCUT2D eigenvalue weighted by molar-refractivity contribution is 5.49.